The minimum atomic E-state index is -0.501. The van der Waals surface area contributed by atoms with Crippen molar-refractivity contribution in [3.05, 3.63) is 39.6 Å². The predicted octanol–water partition coefficient (Wildman–Crippen LogP) is 3.32. The Morgan fingerprint density at radius 3 is 2.67 bits per heavy atom. The molecule has 0 unspecified atom stereocenters. The summed E-state index contributed by atoms with van der Waals surface area (Å²) in [7, 11) is 0. The van der Waals surface area contributed by atoms with Crippen molar-refractivity contribution < 1.29 is 14.8 Å². The van der Waals surface area contributed by atoms with Crippen LogP contribution in [0.25, 0.3) is 0 Å². The molecule has 112 valence electrons. The maximum Gasteiger partial charge on any atom is 0.353 e. The summed E-state index contributed by atoms with van der Waals surface area (Å²) in [6.07, 6.45) is 0.772. The van der Waals surface area contributed by atoms with E-state index in [1.54, 1.807) is 26.0 Å². The first-order valence-corrected chi connectivity index (χ1v) is 6.62. The number of phenolic OH excluding ortho intramolecular Hbond substituents is 1. The number of benzene rings is 1. The van der Waals surface area contributed by atoms with Crippen molar-refractivity contribution in [2.24, 2.45) is 0 Å². The van der Waals surface area contributed by atoms with Gasteiger partial charge in [0.15, 0.2) is 0 Å². The fraction of sp³-hybridized carbons (Fsp3) is 0.357. The quantitative estimate of drug-likeness (QED) is 0.674. The second-order valence-corrected chi connectivity index (χ2v) is 4.83. The Morgan fingerprint density at radius 2 is 2.10 bits per heavy atom. The number of nitro groups is 1. The average Bonchev–Trinajstić information content (AvgIpc) is 2.64. The van der Waals surface area contributed by atoms with Crippen LogP contribution in [0.3, 0.4) is 0 Å². The number of nitrogens with zero attached hydrogens (tertiary/aromatic N) is 3. The first-order chi connectivity index (χ1) is 9.92. The number of hydrogen-bond acceptors (Lipinski definition) is 5. The third kappa shape index (κ3) is 3.13. The molecule has 0 spiro atoms. The number of aryl methyl sites for hydroxylation is 3. The molecule has 0 saturated heterocycles. The van der Waals surface area contributed by atoms with Crippen LogP contribution in [-0.2, 0) is 6.54 Å². The van der Waals surface area contributed by atoms with E-state index in [9.17, 15) is 15.2 Å². The van der Waals surface area contributed by atoms with Gasteiger partial charge in [-0.25, -0.2) is 4.68 Å². The van der Waals surface area contributed by atoms with Crippen molar-refractivity contribution in [2.45, 2.75) is 33.7 Å². The van der Waals surface area contributed by atoms with Gasteiger partial charge in [0.1, 0.15) is 17.2 Å². The molecule has 7 heteroatoms. The lowest BCUT2D eigenvalue weighted by Crippen LogP contribution is -2.02. The summed E-state index contributed by atoms with van der Waals surface area (Å²) < 4.78 is 7.11. The summed E-state index contributed by atoms with van der Waals surface area (Å²) in [5.74, 6) is 0.475. The second-order valence-electron chi connectivity index (χ2n) is 4.83. The van der Waals surface area contributed by atoms with Crippen LogP contribution in [-0.4, -0.2) is 19.8 Å². The molecule has 2 aromatic rings. The van der Waals surface area contributed by atoms with E-state index in [4.69, 9.17) is 4.74 Å². The van der Waals surface area contributed by atoms with Crippen LogP contribution in [0.2, 0.25) is 0 Å². The predicted molar refractivity (Wildman–Crippen MR) is 76.8 cm³/mol. The van der Waals surface area contributed by atoms with Gasteiger partial charge in [0.25, 0.3) is 5.88 Å². The molecule has 0 aliphatic rings. The number of rotatable bonds is 5. The standard InChI is InChI=1S/C14H17N3O4/c1-4-5-16-14(13(17(19)20)10(3)15-16)21-12-7-9(2)6-11(18)8-12/h6-8,18H,4-5H2,1-3H3. The van der Waals surface area contributed by atoms with Gasteiger partial charge in [-0.05, 0) is 38.0 Å². The lowest BCUT2D eigenvalue weighted by atomic mass is 10.2. The molecule has 0 aliphatic carbocycles. The van der Waals surface area contributed by atoms with Crippen LogP contribution in [0.1, 0.15) is 24.6 Å². The third-order valence-electron chi connectivity index (χ3n) is 2.92. The van der Waals surface area contributed by atoms with Gasteiger partial charge in [0, 0.05) is 12.6 Å². The van der Waals surface area contributed by atoms with E-state index in [1.807, 2.05) is 6.92 Å². The summed E-state index contributed by atoms with van der Waals surface area (Å²) >= 11 is 0. The Morgan fingerprint density at radius 1 is 1.38 bits per heavy atom. The summed E-state index contributed by atoms with van der Waals surface area (Å²) in [4.78, 5) is 10.7. The van der Waals surface area contributed by atoms with Gasteiger partial charge in [-0.3, -0.25) is 10.1 Å². The van der Waals surface area contributed by atoms with Crippen LogP contribution in [0, 0.1) is 24.0 Å². The van der Waals surface area contributed by atoms with Crippen molar-refractivity contribution in [1.29, 1.82) is 0 Å². The first kappa shape index (κ1) is 14.8. The smallest absolute Gasteiger partial charge is 0.353 e. The van der Waals surface area contributed by atoms with E-state index in [2.05, 4.69) is 5.10 Å². The molecule has 7 nitrogen and oxygen atoms in total. The molecule has 0 fully saturated rings. The zero-order chi connectivity index (χ0) is 15.6. The van der Waals surface area contributed by atoms with Gasteiger partial charge in [-0.2, -0.15) is 5.10 Å². The first-order valence-electron chi connectivity index (χ1n) is 6.62. The lowest BCUT2D eigenvalue weighted by molar-refractivity contribution is -0.386. The third-order valence-corrected chi connectivity index (χ3v) is 2.92. The van der Waals surface area contributed by atoms with Crippen molar-refractivity contribution in [3.8, 4) is 17.4 Å². The zero-order valence-electron chi connectivity index (χ0n) is 12.2. The molecule has 2 rings (SSSR count). The highest BCUT2D eigenvalue weighted by atomic mass is 16.6. The van der Waals surface area contributed by atoms with E-state index in [0.717, 1.165) is 12.0 Å². The molecule has 0 bridgehead atoms. The molecule has 0 aliphatic heterocycles. The Kier molecular flexibility index (Phi) is 4.11. The highest BCUT2D eigenvalue weighted by molar-refractivity contribution is 5.49. The van der Waals surface area contributed by atoms with Crippen LogP contribution < -0.4 is 4.74 Å². The van der Waals surface area contributed by atoms with Gasteiger partial charge in [-0.15, -0.1) is 0 Å². The van der Waals surface area contributed by atoms with E-state index in [-0.39, 0.29) is 17.3 Å². The van der Waals surface area contributed by atoms with Gasteiger partial charge in [-0.1, -0.05) is 6.92 Å². The van der Waals surface area contributed by atoms with Gasteiger partial charge >= 0.3 is 5.69 Å². The molecule has 0 amide bonds. The average molecular weight is 291 g/mol. The Bertz CT molecular complexity index is 659. The largest absolute Gasteiger partial charge is 0.508 e. The lowest BCUT2D eigenvalue weighted by Gasteiger charge is -2.08. The van der Waals surface area contributed by atoms with Crippen LogP contribution in [0.5, 0.6) is 17.4 Å². The Hall–Kier alpha value is -2.57. The van der Waals surface area contributed by atoms with Gasteiger partial charge < -0.3 is 9.84 Å². The number of aromatic nitrogens is 2. The molecule has 1 aromatic carbocycles. The van der Waals surface area contributed by atoms with Crippen LogP contribution in [0.4, 0.5) is 5.69 Å². The molecule has 1 N–H and O–H groups in total. The fourth-order valence-corrected chi connectivity index (χ4v) is 2.12. The van der Waals surface area contributed by atoms with Crippen molar-refractivity contribution in [3.63, 3.8) is 0 Å². The van der Waals surface area contributed by atoms with E-state index in [0.29, 0.717) is 18.0 Å². The molecular weight excluding hydrogens is 274 g/mol. The van der Waals surface area contributed by atoms with E-state index < -0.39 is 4.92 Å². The Labute approximate surface area is 121 Å². The minimum absolute atomic E-state index is 0.0472. The van der Waals surface area contributed by atoms with Crippen LogP contribution in [0.15, 0.2) is 18.2 Å². The second kappa shape index (κ2) is 5.82. The summed E-state index contributed by atoms with van der Waals surface area (Å²) in [6.45, 7) is 5.84. The normalized spacial score (nSPS) is 10.6. The molecule has 0 atom stereocenters. The van der Waals surface area contributed by atoms with Gasteiger partial charge in [0.05, 0.1) is 4.92 Å². The monoisotopic (exact) mass is 291 g/mol. The topological polar surface area (TPSA) is 90.4 Å². The molecule has 1 aromatic heterocycles. The highest BCUT2D eigenvalue weighted by Gasteiger charge is 2.27. The zero-order valence-corrected chi connectivity index (χ0v) is 12.2. The van der Waals surface area contributed by atoms with Crippen molar-refractivity contribution in [1.82, 2.24) is 9.78 Å². The highest BCUT2D eigenvalue weighted by Crippen LogP contribution is 2.35. The number of aromatic hydroxyl groups is 1. The van der Waals surface area contributed by atoms with Crippen molar-refractivity contribution in [2.75, 3.05) is 0 Å². The minimum Gasteiger partial charge on any atom is -0.508 e. The molecule has 1 heterocycles. The fourth-order valence-electron chi connectivity index (χ4n) is 2.12. The van der Waals surface area contributed by atoms with Crippen molar-refractivity contribution >= 4 is 5.69 Å². The number of phenols is 1. The van der Waals surface area contributed by atoms with Gasteiger partial charge in [0.2, 0.25) is 0 Å². The molecule has 0 saturated carbocycles. The molecule has 0 radical (unpaired) electrons. The number of hydrogen-bond donors (Lipinski definition) is 1. The number of ether oxygens (including phenoxy) is 1. The molecule has 21 heavy (non-hydrogen) atoms. The molecular formula is C14H17N3O4. The summed E-state index contributed by atoms with van der Waals surface area (Å²) in [5.41, 5.74) is 0.954. The van der Waals surface area contributed by atoms with E-state index in [1.165, 1.54) is 10.7 Å². The SMILES string of the molecule is CCCn1nc(C)c([N+](=O)[O-])c1Oc1cc(C)cc(O)c1. The maximum atomic E-state index is 11.2. The van der Waals surface area contributed by atoms with E-state index >= 15 is 0 Å². The Balaban J connectivity index is 2.48. The van der Waals surface area contributed by atoms with Crippen LogP contribution >= 0.6 is 0 Å². The maximum absolute atomic E-state index is 11.2. The summed E-state index contributed by atoms with van der Waals surface area (Å²) in [5, 5.41) is 24.9. The summed E-state index contributed by atoms with van der Waals surface area (Å²) in [6, 6.07) is 4.69.